The first-order chi connectivity index (χ1) is 17.7. The first kappa shape index (κ1) is 27.4. The molecule has 0 heterocycles. The van der Waals surface area contributed by atoms with Gasteiger partial charge in [-0.05, 0) is 122 Å². The molecular formula is C35H54O2. The first-order valence-corrected chi connectivity index (χ1v) is 15.9. The van der Waals surface area contributed by atoms with Crippen LogP contribution in [0.15, 0.2) is 24.3 Å². The standard InChI is InChI=1S/C35H54O2/c1-23(2)7-6-8-24(3)29-15-16-30-27-13-14-31-28(21-25-9-11-26(22-36)12-10-25)33(37)18-20-35(31,5)32(27)17-19-34(29,30)4/h9-12,22-24,27-33,37H,6-8,13-21H2,1-5H3/t24-,27+,28+,29-,30+,31+,32+,33-,34-,35+/m1/s1. The predicted octanol–water partition coefficient (Wildman–Crippen LogP) is 8.75. The lowest BCUT2D eigenvalue weighted by molar-refractivity contribution is -0.152. The fraction of sp³-hybridized carbons (Fsp3) is 0.800. The van der Waals surface area contributed by atoms with Crippen LogP contribution in [-0.4, -0.2) is 17.5 Å². The Morgan fingerprint density at radius 1 is 0.865 bits per heavy atom. The summed E-state index contributed by atoms with van der Waals surface area (Å²) in [4.78, 5) is 11.1. The van der Waals surface area contributed by atoms with Gasteiger partial charge in [-0.25, -0.2) is 0 Å². The van der Waals surface area contributed by atoms with Crippen molar-refractivity contribution in [3.8, 4) is 0 Å². The van der Waals surface area contributed by atoms with Crippen molar-refractivity contribution in [2.45, 2.75) is 118 Å². The molecule has 4 saturated carbocycles. The van der Waals surface area contributed by atoms with Crippen molar-refractivity contribution < 1.29 is 9.90 Å². The van der Waals surface area contributed by atoms with Gasteiger partial charge in [0.2, 0.25) is 0 Å². The Bertz CT molecular complexity index is 920. The molecule has 4 aliphatic carbocycles. The van der Waals surface area contributed by atoms with Crippen LogP contribution in [0.1, 0.15) is 121 Å². The van der Waals surface area contributed by atoms with E-state index in [0.29, 0.717) is 22.7 Å². The van der Waals surface area contributed by atoms with Crippen molar-refractivity contribution in [3.63, 3.8) is 0 Å². The summed E-state index contributed by atoms with van der Waals surface area (Å²) in [6.45, 7) is 12.7. The van der Waals surface area contributed by atoms with Crippen molar-refractivity contribution in [3.05, 3.63) is 35.4 Å². The summed E-state index contributed by atoms with van der Waals surface area (Å²) in [5.74, 6) is 6.26. The van der Waals surface area contributed by atoms with Crippen molar-refractivity contribution in [1.82, 2.24) is 0 Å². The average molecular weight is 507 g/mol. The molecule has 0 saturated heterocycles. The second-order valence-electron chi connectivity index (χ2n) is 14.9. The van der Waals surface area contributed by atoms with Gasteiger partial charge in [-0.2, -0.15) is 0 Å². The van der Waals surface area contributed by atoms with Crippen molar-refractivity contribution in [1.29, 1.82) is 0 Å². The van der Waals surface area contributed by atoms with E-state index in [1.54, 1.807) is 0 Å². The van der Waals surface area contributed by atoms with Gasteiger partial charge in [-0.15, -0.1) is 0 Å². The van der Waals surface area contributed by atoms with Crippen LogP contribution in [0, 0.1) is 58.2 Å². The third-order valence-electron chi connectivity index (χ3n) is 12.7. The number of rotatable bonds is 8. The number of hydrogen-bond acceptors (Lipinski definition) is 2. The summed E-state index contributed by atoms with van der Waals surface area (Å²) in [5, 5.41) is 11.2. The van der Waals surface area contributed by atoms with Crippen LogP contribution in [0.5, 0.6) is 0 Å². The molecule has 10 atom stereocenters. The fourth-order valence-electron chi connectivity index (χ4n) is 10.8. The number of carbonyl (C=O) groups excluding carboxylic acids is 1. The summed E-state index contributed by atoms with van der Waals surface area (Å²) in [6, 6.07) is 8.11. The first-order valence-electron chi connectivity index (χ1n) is 15.9. The molecular weight excluding hydrogens is 452 g/mol. The molecule has 1 N–H and O–H groups in total. The van der Waals surface area contributed by atoms with Crippen LogP contribution in [0.3, 0.4) is 0 Å². The molecule has 37 heavy (non-hydrogen) atoms. The Balaban J connectivity index is 1.31. The number of benzene rings is 1. The molecule has 0 bridgehead atoms. The maximum atomic E-state index is 11.2. The summed E-state index contributed by atoms with van der Waals surface area (Å²) in [5.41, 5.74) is 2.95. The van der Waals surface area contributed by atoms with Gasteiger partial charge >= 0.3 is 0 Å². The van der Waals surface area contributed by atoms with Gasteiger partial charge in [-0.3, -0.25) is 4.79 Å². The number of carbonyl (C=O) groups is 1. The van der Waals surface area contributed by atoms with Crippen molar-refractivity contribution in [2.24, 2.45) is 58.2 Å². The molecule has 1 aromatic rings. The Morgan fingerprint density at radius 3 is 2.24 bits per heavy atom. The highest BCUT2D eigenvalue weighted by Crippen LogP contribution is 2.69. The van der Waals surface area contributed by atoms with Gasteiger partial charge < -0.3 is 5.11 Å². The lowest BCUT2D eigenvalue weighted by Gasteiger charge is -2.63. The Morgan fingerprint density at radius 2 is 1.54 bits per heavy atom. The molecule has 2 nitrogen and oxygen atoms in total. The Kier molecular flexibility index (Phi) is 7.99. The van der Waals surface area contributed by atoms with E-state index in [1.807, 2.05) is 12.1 Å². The molecule has 5 rings (SSSR count). The monoisotopic (exact) mass is 506 g/mol. The van der Waals surface area contributed by atoms with Crippen LogP contribution in [0.2, 0.25) is 0 Å². The van der Waals surface area contributed by atoms with Gasteiger partial charge in [0, 0.05) is 5.56 Å². The number of hydrogen-bond donors (Lipinski definition) is 1. The van der Waals surface area contributed by atoms with Crippen LogP contribution < -0.4 is 0 Å². The zero-order valence-electron chi connectivity index (χ0n) is 24.4. The molecule has 0 amide bonds. The van der Waals surface area contributed by atoms with Gasteiger partial charge in [0.25, 0.3) is 0 Å². The Labute approximate surface area is 227 Å². The molecule has 4 fully saturated rings. The second kappa shape index (κ2) is 10.8. The molecule has 0 radical (unpaired) electrons. The Hall–Kier alpha value is -1.15. The van der Waals surface area contributed by atoms with E-state index < -0.39 is 0 Å². The van der Waals surface area contributed by atoms with E-state index in [9.17, 15) is 9.90 Å². The predicted molar refractivity (Wildman–Crippen MR) is 153 cm³/mol. The molecule has 0 aromatic heterocycles. The molecule has 0 unspecified atom stereocenters. The summed E-state index contributed by atoms with van der Waals surface area (Å²) < 4.78 is 0. The lowest BCUT2D eigenvalue weighted by atomic mass is 9.42. The third-order valence-corrected chi connectivity index (χ3v) is 12.7. The second-order valence-corrected chi connectivity index (χ2v) is 14.9. The fourth-order valence-corrected chi connectivity index (χ4v) is 10.8. The zero-order chi connectivity index (χ0) is 26.4. The topological polar surface area (TPSA) is 37.3 Å². The van der Waals surface area contributed by atoms with Crippen molar-refractivity contribution in [2.75, 3.05) is 0 Å². The SMILES string of the molecule is CC(C)CCC[C@@H](C)[C@H]1CC[C@H]2[C@@H]3CC[C@H]4[C@H](Cc5ccc(C=O)cc5)[C@H](O)CC[C@]4(C)[C@H]3CC[C@]12C. The average Bonchev–Trinajstić information content (AvgIpc) is 3.23. The van der Waals surface area contributed by atoms with E-state index in [1.165, 1.54) is 69.8 Å². The lowest BCUT2D eigenvalue weighted by Crippen LogP contribution is -2.57. The highest BCUT2D eigenvalue weighted by Gasteiger charge is 2.61. The quantitative estimate of drug-likeness (QED) is 0.358. The maximum Gasteiger partial charge on any atom is 0.150 e. The van der Waals surface area contributed by atoms with Crippen molar-refractivity contribution >= 4 is 6.29 Å². The van der Waals surface area contributed by atoms with Crippen LogP contribution >= 0.6 is 0 Å². The van der Waals surface area contributed by atoms with Gasteiger partial charge in [0.1, 0.15) is 6.29 Å². The summed E-state index contributed by atoms with van der Waals surface area (Å²) >= 11 is 0. The van der Waals surface area contributed by atoms with Gasteiger partial charge in [0.05, 0.1) is 6.10 Å². The third kappa shape index (κ3) is 4.99. The minimum absolute atomic E-state index is 0.184. The van der Waals surface area contributed by atoms with E-state index in [-0.39, 0.29) is 6.10 Å². The molecule has 4 aliphatic rings. The van der Waals surface area contributed by atoms with E-state index >= 15 is 0 Å². The summed E-state index contributed by atoms with van der Waals surface area (Å²) in [7, 11) is 0. The molecule has 2 heteroatoms. The minimum Gasteiger partial charge on any atom is -0.393 e. The molecule has 0 aliphatic heterocycles. The highest BCUT2D eigenvalue weighted by atomic mass is 16.3. The zero-order valence-corrected chi connectivity index (χ0v) is 24.4. The normalized spacial score (nSPS) is 42.1. The van der Waals surface area contributed by atoms with Gasteiger partial charge in [0.15, 0.2) is 0 Å². The number of aliphatic hydroxyl groups is 1. The highest BCUT2D eigenvalue weighted by molar-refractivity contribution is 5.74. The van der Waals surface area contributed by atoms with E-state index in [0.717, 1.165) is 60.2 Å². The van der Waals surface area contributed by atoms with Gasteiger partial charge in [-0.1, -0.05) is 78.1 Å². The summed E-state index contributed by atoms with van der Waals surface area (Å²) in [6.07, 6.45) is 16.5. The largest absolute Gasteiger partial charge is 0.393 e. The minimum atomic E-state index is -0.184. The molecule has 1 aromatic carbocycles. The molecule has 0 spiro atoms. The maximum absolute atomic E-state index is 11.2. The van der Waals surface area contributed by atoms with Crippen LogP contribution in [0.25, 0.3) is 0 Å². The number of aldehydes is 1. The van der Waals surface area contributed by atoms with E-state index in [2.05, 4.69) is 46.8 Å². The number of aliphatic hydroxyl groups excluding tert-OH is 1. The number of fused-ring (bicyclic) bond motifs is 5. The van der Waals surface area contributed by atoms with Crippen LogP contribution in [0.4, 0.5) is 0 Å². The van der Waals surface area contributed by atoms with Crippen LogP contribution in [-0.2, 0) is 6.42 Å². The van der Waals surface area contributed by atoms with E-state index in [4.69, 9.17) is 0 Å². The molecule has 206 valence electrons. The smallest absolute Gasteiger partial charge is 0.150 e.